The molecule has 0 fully saturated rings. The Bertz CT molecular complexity index is 901. The van der Waals surface area contributed by atoms with Crippen molar-refractivity contribution in [2.24, 2.45) is 5.92 Å². The van der Waals surface area contributed by atoms with Crippen LogP contribution < -0.4 is 5.32 Å². The Labute approximate surface area is 194 Å². The molecule has 2 rings (SSSR count). The van der Waals surface area contributed by atoms with Crippen LogP contribution >= 0.6 is 11.6 Å². The van der Waals surface area contributed by atoms with Crippen LogP contribution in [0, 0.1) is 5.92 Å². The average Bonchev–Trinajstić information content (AvgIpc) is 2.98. The lowest BCUT2D eigenvalue weighted by molar-refractivity contribution is -0.143. The number of allylic oxidation sites excluding steroid dienone is 5. The third-order valence-electron chi connectivity index (χ3n) is 5.25. The number of benzene rings is 1. The molecule has 1 amide bonds. The number of carboxylic acid groups (broad SMARTS) is 1. The van der Waals surface area contributed by atoms with Gasteiger partial charge in [0.1, 0.15) is 0 Å². The van der Waals surface area contributed by atoms with E-state index >= 15 is 0 Å². The summed E-state index contributed by atoms with van der Waals surface area (Å²) in [4.78, 5) is 36.0. The Morgan fingerprint density at radius 1 is 1.12 bits per heavy atom. The Kier molecular flexibility index (Phi) is 10.2. The second-order valence-electron chi connectivity index (χ2n) is 7.51. The monoisotopic (exact) mass is 459 g/mol. The van der Waals surface area contributed by atoms with Gasteiger partial charge in [0.25, 0.3) is 5.91 Å². The molecule has 2 N–H and O–H groups in total. The maximum absolute atomic E-state index is 12.4. The molecule has 7 heteroatoms. The molecule has 0 spiro atoms. The fourth-order valence-electron chi connectivity index (χ4n) is 3.73. The van der Waals surface area contributed by atoms with E-state index in [0.717, 1.165) is 17.6 Å². The van der Waals surface area contributed by atoms with E-state index in [1.54, 1.807) is 31.2 Å². The molecule has 0 radical (unpaired) electrons. The van der Waals surface area contributed by atoms with Crippen molar-refractivity contribution in [3.05, 3.63) is 70.3 Å². The van der Waals surface area contributed by atoms with Gasteiger partial charge in [-0.05, 0) is 49.1 Å². The van der Waals surface area contributed by atoms with Crippen LogP contribution in [0.1, 0.15) is 61.4 Å². The molecule has 2 unspecified atom stereocenters. The number of rotatable bonds is 11. The smallest absolute Gasteiger partial charge is 0.311 e. The van der Waals surface area contributed by atoms with E-state index in [2.05, 4.69) is 5.32 Å². The molecule has 0 aliphatic heterocycles. The van der Waals surface area contributed by atoms with E-state index in [9.17, 15) is 19.5 Å². The van der Waals surface area contributed by atoms with E-state index in [-0.39, 0.29) is 30.8 Å². The number of nitrogens with one attached hydrogen (secondary N) is 1. The number of halogens is 1. The predicted octanol–water partition coefficient (Wildman–Crippen LogP) is 4.96. The summed E-state index contributed by atoms with van der Waals surface area (Å²) in [5.41, 5.74) is 2.04. The van der Waals surface area contributed by atoms with Gasteiger partial charge in [-0.15, -0.1) is 0 Å². The summed E-state index contributed by atoms with van der Waals surface area (Å²) in [6.07, 6.45) is 9.44. The average molecular weight is 460 g/mol. The zero-order valence-electron chi connectivity index (χ0n) is 18.5. The molecule has 172 valence electrons. The van der Waals surface area contributed by atoms with E-state index < -0.39 is 11.9 Å². The highest BCUT2D eigenvalue weighted by Crippen LogP contribution is 2.36. The Morgan fingerprint density at radius 2 is 1.84 bits per heavy atom. The lowest BCUT2D eigenvalue weighted by Gasteiger charge is -2.25. The number of ether oxygens (including phenoxy) is 1. The maximum atomic E-state index is 12.4. The van der Waals surface area contributed by atoms with Crippen LogP contribution in [0.4, 0.5) is 0 Å². The van der Waals surface area contributed by atoms with E-state index in [1.807, 2.05) is 31.2 Å². The number of aliphatic carboxylic acids is 1. The first kappa shape index (κ1) is 25.4. The van der Waals surface area contributed by atoms with Gasteiger partial charge in [0.15, 0.2) is 0 Å². The Balaban J connectivity index is 2.16. The van der Waals surface area contributed by atoms with E-state index in [4.69, 9.17) is 16.3 Å². The maximum Gasteiger partial charge on any atom is 0.311 e. The van der Waals surface area contributed by atoms with Gasteiger partial charge in [-0.2, -0.15) is 0 Å². The van der Waals surface area contributed by atoms with Crippen LogP contribution in [0.15, 0.2) is 59.2 Å². The SMILES string of the molecule is CCCC(c1ccc(C(=O)NCCC(=O)OCC)cc1)C(C(=O)O)C1=CCC=C(Cl)C=C1. The minimum Gasteiger partial charge on any atom is -0.481 e. The van der Waals surface area contributed by atoms with Crippen LogP contribution in [-0.2, 0) is 14.3 Å². The lowest BCUT2D eigenvalue weighted by atomic mass is 9.78. The molecule has 1 aliphatic rings. The lowest BCUT2D eigenvalue weighted by Crippen LogP contribution is -2.27. The van der Waals surface area contributed by atoms with Crippen molar-refractivity contribution >= 4 is 29.4 Å². The Morgan fingerprint density at radius 3 is 2.47 bits per heavy atom. The van der Waals surface area contributed by atoms with Gasteiger partial charge in [-0.25, -0.2) is 0 Å². The van der Waals surface area contributed by atoms with Crippen LogP contribution in [0.2, 0.25) is 0 Å². The molecule has 0 saturated heterocycles. The van der Waals surface area contributed by atoms with Gasteiger partial charge in [0, 0.05) is 23.1 Å². The fraction of sp³-hybridized carbons (Fsp3) is 0.400. The molecular weight excluding hydrogens is 430 g/mol. The van der Waals surface area contributed by atoms with Crippen molar-refractivity contribution in [2.45, 2.75) is 45.4 Å². The second-order valence-corrected chi connectivity index (χ2v) is 7.94. The number of amides is 1. The van der Waals surface area contributed by atoms with Crippen molar-refractivity contribution in [2.75, 3.05) is 13.2 Å². The summed E-state index contributed by atoms with van der Waals surface area (Å²) in [7, 11) is 0. The molecule has 0 saturated carbocycles. The van der Waals surface area contributed by atoms with Crippen LogP contribution in [0.25, 0.3) is 0 Å². The number of hydrogen-bond donors (Lipinski definition) is 2. The molecule has 1 aromatic rings. The van der Waals surface area contributed by atoms with Crippen LogP contribution in [0.3, 0.4) is 0 Å². The second kappa shape index (κ2) is 12.9. The van der Waals surface area contributed by atoms with Crippen molar-refractivity contribution in [3.63, 3.8) is 0 Å². The predicted molar refractivity (Wildman–Crippen MR) is 125 cm³/mol. The van der Waals surface area contributed by atoms with Crippen molar-refractivity contribution in [1.29, 1.82) is 0 Å². The quantitative estimate of drug-likeness (QED) is 0.456. The number of carbonyl (C=O) groups is 3. The first-order chi connectivity index (χ1) is 15.4. The van der Waals surface area contributed by atoms with Gasteiger partial charge in [0.2, 0.25) is 0 Å². The molecule has 1 aliphatic carbocycles. The van der Waals surface area contributed by atoms with Crippen molar-refractivity contribution < 1.29 is 24.2 Å². The topological polar surface area (TPSA) is 92.7 Å². The Hall–Kier alpha value is -2.86. The third-order valence-corrected chi connectivity index (χ3v) is 5.53. The standard InChI is InChI=1S/C25H30ClNO5/c1-3-6-21(23(25(30)31)18-7-5-8-20(26)14-13-18)17-9-11-19(12-10-17)24(29)27-16-15-22(28)32-4-2/h7-14,21,23H,3-6,15-16H2,1-2H3,(H,27,29)(H,30,31). The normalized spacial score (nSPS) is 15.1. The fourth-order valence-corrected chi connectivity index (χ4v) is 3.88. The highest BCUT2D eigenvalue weighted by Gasteiger charge is 2.31. The highest BCUT2D eigenvalue weighted by molar-refractivity contribution is 6.31. The summed E-state index contributed by atoms with van der Waals surface area (Å²) in [5, 5.41) is 13.3. The molecule has 0 aromatic heterocycles. The first-order valence-corrected chi connectivity index (χ1v) is 11.3. The molecule has 6 nitrogen and oxygen atoms in total. The first-order valence-electron chi connectivity index (χ1n) is 10.9. The molecule has 0 heterocycles. The third kappa shape index (κ3) is 7.38. The van der Waals surface area contributed by atoms with Crippen LogP contribution in [0.5, 0.6) is 0 Å². The summed E-state index contributed by atoms with van der Waals surface area (Å²) < 4.78 is 4.84. The van der Waals surface area contributed by atoms with Crippen LogP contribution in [-0.4, -0.2) is 36.1 Å². The molecule has 1 aromatic carbocycles. The largest absolute Gasteiger partial charge is 0.481 e. The molecule has 32 heavy (non-hydrogen) atoms. The van der Waals surface area contributed by atoms with Gasteiger partial charge < -0.3 is 15.2 Å². The van der Waals surface area contributed by atoms with E-state index in [1.165, 1.54) is 0 Å². The van der Waals surface area contributed by atoms with Gasteiger partial charge in [0.05, 0.1) is 18.9 Å². The van der Waals surface area contributed by atoms with Gasteiger partial charge in [-0.1, -0.05) is 55.3 Å². The van der Waals surface area contributed by atoms with Gasteiger partial charge in [-0.3, -0.25) is 14.4 Å². The molecular formula is C25H30ClNO5. The summed E-state index contributed by atoms with van der Waals surface area (Å²) in [6, 6.07) is 6.99. The number of hydrogen-bond acceptors (Lipinski definition) is 4. The minimum atomic E-state index is -0.891. The molecule has 0 bridgehead atoms. The summed E-state index contributed by atoms with van der Waals surface area (Å²) in [6.45, 7) is 4.25. The van der Waals surface area contributed by atoms with Crippen molar-refractivity contribution in [3.8, 4) is 0 Å². The minimum absolute atomic E-state index is 0.109. The van der Waals surface area contributed by atoms with Gasteiger partial charge >= 0.3 is 11.9 Å². The molecule has 2 atom stereocenters. The number of esters is 1. The van der Waals surface area contributed by atoms with E-state index in [0.29, 0.717) is 30.0 Å². The van der Waals surface area contributed by atoms with Crippen molar-refractivity contribution in [1.82, 2.24) is 5.32 Å². The highest BCUT2D eigenvalue weighted by atomic mass is 35.5. The zero-order valence-corrected chi connectivity index (χ0v) is 19.2. The number of carbonyl (C=O) groups excluding carboxylic acids is 2. The summed E-state index contributed by atoms with van der Waals surface area (Å²) >= 11 is 6.07. The zero-order chi connectivity index (χ0) is 23.5. The number of carboxylic acids is 1. The summed E-state index contributed by atoms with van der Waals surface area (Å²) in [5.74, 6) is -2.50.